The van der Waals surface area contributed by atoms with Gasteiger partial charge in [-0.15, -0.1) is 11.8 Å². The molecule has 0 saturated carbocycles. The molecule has 1 aliphatic heterocycles. The lowest BCUT2D eigenvalue weighted by molar-refractivity contribution is 0.0820. The topological polar surface area (TPSA) is 52.6 Å². The number of aliphatic hydroxyl groups is 1. The molecule has 1 aromatic rings. The monoisotopic (exact) mass is 312 g/mol. The van der Waals surface area contributed by atoms with E-state index in [9.17, 15) is 14.3 Å². The molecule has 1 aliphatic rings. The predicted octanol–water partition coefficient (Wildman–Crippen LogP) is 3.17. The summed E-state index contributed by atoms with van der Waals surface area (Å²) in [6.07, 6.45) is 3.07. The van der Waals surface area contributed by atoms with Crippen molar-refractivity contribution in [2.75, 3.05) is 24.7 Å². The van der Waals surface area contributed by atoms with Crippen LogP contribution >= 0.6 is 11.8 Å². The van der Waals surface area contributed by atoms with Crippen LogP contribution in [0.5, 0.6) is 0 Å². The molecule has 1 fully saturated rings. The summed E-state index contributed by atoms with van der Waals surface area (Å²) in [7, 11) is 0. The van der Waals surface area contributed by atoms with E-state index in [-0.39, 0.29) is 23.9 Å². The van der Waals surface area contributed by atoms with Crippen LogP contribution in [0.15, 0.2) is 23.1 Å². The SMILES string of the molecule is CSc1ccc(NC(=O)N2CCC(C(C)O)CC2)cc1F. The van der Waals surface area contributed by atoms with E-state index >= 15 is 0 Å². The van der Waals surface area contributed by atoms with E-state index in [0.29, 0.717) is 23.7 Å². The van der Waals surface area contributed by atoms with Crippen molar-refractivity contribution in [3.63, 3.8) is 0 Å². The maximum atomic E-state index is 13.7. The zero-order chi connectivity index (χ0) is 15.4. The number of thioether (sulfide) groups is 1. The number of hydrogen-bond acceptors (Lipinski definition) is 3. The lowest BCUT2D eigenvalue weighted by Crippen LogP contribution is -2.42. The summed E-state index contributed by atoms with van der Waals surface area (Å²) >= 11 is 1.33. The molecule has 0 bridgehead atoms. The Morgan fingerprint density at radius 2 is 2.14 bits per heavy atom. The number of benzene rings is 1. The summed E-state index contributed by atoms with van der Waals surface area (Å²) in [6, 6.07) is 4.49. The molecule has 116 valence electrons. The fourth-order valence-electron chi connectivity index (χ4n) is 2.53. The van der Waals surface area contributed by atoms with Crippen LogP contribution in [0.3, 0.4) is 0 Å². The molecule has 0 radical (unpaired) electrons. The number of rotatable bonds is 3. The molecule has 1 atom stereocenters. The second-order valence-electron chi connectivity index (χ2n) is 5.34. The van der Waals surface area contributed by atoms with Gasteiger partial charge in [0, 0.05) is 23.7 Å². The molecule has 0 spiro atoms. The van der Waals surface area contributed by atoms with Gasteiger partial charge in [-0.3, -0.25) is 0 Å². The average Bonchev–Trinajstić information content (AvgIpc) is 2.47. The van der Waals surface area contributed by atoms with E-state index in [1.54, 1.807) is 24.0 Å². The highest BCUT2D eigenvalue weighted by atomic mass is 32.2. The van der Waals surface area contributed by atoms with Crippen molar-refractivity contribution in [3.05, 3.63) is 24.0 Å². The van der Waals surface area contributed by atoms with Gasteiger partial charge >= 0.3 is 6.03 Å². The van der Waals surface area contributed by atoms with Crippen LogP contribution in [0, 0.1) is 11.7 Å². The van der Waals surface area contributed by atoms with E-state index in [1.807, 2.05) is 6.26 Å². The molecule has 2 N–H and O–H groups in total. The van der Waals surface area contributed by atoms with E-state index in [2.05, 4.69) is 5.32 Å². The molecule has 1 heterocycles. The van der Waals surface area contributed by atoms with Crippen molar-refractivity contribution < 1.29 is 14.3 Å². The molecule has 0 aromatic heterocycles. The third-order valence-corrected chi connectivity index (χ3v) is 4.68. The van der Waals surface area contributed by atoms with Crippen molar-refractivity contribution in [3.8, 4) is 0 Å². The zero-order valence-electron chi connectivity index (χ0n) is 12.3. The lowest BCUT2D eigenvalue weighted by Gasteiger charge is -2.33. The summed E-state index contributed by atoms with van der Waals surface area (Å²) < 4.78 is 13.7. The van der Waals surface area contributed by atoms with Gasteiger partial charge in [-0.25, -0.2) is 9.18 Å². The van der Waals surface area contributed by atoms with Crippen LogP contribution in [0.1, 0.15) is 19.8 Å². The molecule has 6 heteroatoms. The molecule has 21 heavy (non-hydrogen) atoms. The van der Waals surface area contributed by atoms with Crippen molar-refractivity contribution in [2.45, 2.75) is 30.8 Å². The standard InChI is InChI=1S/C15H21FN2O2S/c1-10(19)11-5-7-18(8-6-11)15(20)17-12-3-4-14(21-2)13(16)9-12/h3-4,9-11,19H,5-8H2,1-2H3,(H,17,20). The summed E-state index contributed by atoms with van der Waals surface area (Å²) in [6.45, 7) is 3.02. The predicted molar refractivity (Wildman–Crippen MR) is 83.2 cm³/mol. The average molecular weight is 312 g/mol. The number of hydrogen-bond donors (Lipinski definition) is 2. The largest absolute Gasteiger partial charge is 0.393 e. The van der Waals surface area contributed by atoms with Crippen LogP contribution in [0.25, 0.3) is 0 Å². The Kier molecular flexibility index (Phi) is 5.47. The number of likely N-dealkylation sites (tertiary alicyclic amines) is 1. The summed E-state index contributed by atoms with van der Waals surface area (Å²) in [5, 5.41) is 12.3. The van der Waals surface area contributed by atoms with E-state index in [4.69, 9.17) is 0 Å². The Hall–Kier alpha value is -1.27. The minimum atomic E-state index is -0.330. The number of halogens is 1. The van der Waals surface area contributed by atoms with Crippen LogP contribution in [0.2, 0.25) is 0 Å². The Morgan fingerprint density at radius 3 is 2.67 bits per heavy atom. The van der Waals surface area contributed by atoms with Gasteiger partial charge in [0.15, 0.2) is 0 Å². The highest BCUT2D eigenvalue weighted by molar-refractivity contribution is 7.98. The molecule has 2 rings (SSSR count). The first-order chi connectivity index (χ1) is 10.0. The second-order valence-corrected chi connectivity index (χ2v) is 6.19. The first-order valence-electron chi connectivity index (χ1n) is 7.08. The van der Waals surface area contributed by atoms with E-state index < -0.39 is 0 Å². The van der Waals surface area contributed by atoms with E-state index in [1.165, 1.54) is 17.8 Å². The normalized spacial score (nSPS) is 17.6. The first-order valence-corrected chi connectivity index (χ1v) is 8.31. The number of amides is 2. The third-order valence-electron chi connectivity index (χ3n) is 3.91. The minimum Gasteiger partial charge on any atom is -0.393 e. The van der Waals surface area contributed by atoms with Gasteiger partial charge in [0.05, 0.1) is 6.10 Å². The second kappa shape index (κ2) is 7.13. The van der Waals surface area contributed by atoms with Crippen molar-refractivity contribution >= 4 is 23.5 Å². The van der Waals surface area contributed by atoms with Crippen LogP contribution in [-0.4, -0.2) is 41.5 Å². The Balaban J connectivity index is 1.92. The number of anilines is 1. The van der Waals surface area contributed by atoms with E-state index in [0.717, 1.165) is 12.8 Å². The van der Waals surface area contributed by atoms with Gasteiger partial charge in [-0.2, -0.15) is 0 Å². The smallest absolute Gasteiger partial charge is 0.321 e. The highest BCUT2D eigenvalue weighted by Gasteiger charge is 2.25. The van der Waals surface area contributed by atoms with Crippen LogP contribution in [-0.2, 0) is 0 Å². The summed E-state index contributed by atoms with van der Waals surface area (Å²) in [5.41, 5.74) is 0.466. The molecule has 1 aromatic carbocycles. The number of carbonyl (C=O) groups is 1. The van der Waals surface area contributed by atoms with Gasteiger partial charge in [-0.05, 0) is 50.1 Å². The third kappa shape index (κ3) is 4.11. The number of aliphatic hydroxyl groups excluding tert-OH is 1. The van der Waals surface area contributed by atoms with Crippen molar-refractivity contribution in [1.82, 2.24) is 4.90 Å². The van der Waals surface area contributed by atoms with Gasteiger partial charge < -0.3 is 15.3 Å². The van der Waals surface area contributed by atoms with Gasteiger partial charge in [0.2, 0.25) is 0 Å². The van der Waals surface area contributed by atoms with Gasteiger partial charge in [-0.1, -0.05) is 0 Å². The minimum absolute atomic E-state index is 0.213. The summed E-state index contributed by atoms with van der Waals surface area (Å²) in [5.74, 6) is -0.0690. The molecular weight excluding hydrogens is 291 g/mol. The fourth-order valence-corrected chi connectivity index (χ4v) is 2.99. The van der Waals surface area contributed by atoms with Gasteiger partial charge in [0.25, 0.3) is 0 Å². The highest BCUT2D eigenvalue weighted by Crippen LogP contribution is 2.24. The number of piperidine rings is 1. The number of nitrogens with one attached hydrogen (secondary N) is 1. The first kappa shape index (κ1) is 16.1. The van der Waals surface area contributed by atoms with Crippen LogP contribution < -0.4 is 5.32 Å². The van der Waals surface area contributed by atoms with Crippen molar-refractivity contribution in [1.29, 1.82) is 0 Å². The number of nitrogens with zero attached hydrogens (tertiary/aromatic N) is 1. The quantitative estimate of drug-likeness (QED) is 0.843. The van der Waals surface area contributed by atoms with Gasteiger partial charge in [0.1, 0.15) is 5.82 Å². The number of carbonyl (C=O) groups excluding carboxylic acids is 1. The molecule has 0 aliphatic carbocycles. The van der Waals surface area contributed by atoms with Crippen LogP contribution in [0.4, 0.5) is 14.9 Å². The Bertz CT molecular complexity index is 502. The summed E-state index contributed by atoms with van der Waals surface area (Å²) in [4.78, 5) is 14.4. The molecule has 1 unspecified atom stereocenters. The van der Waals surface area contributed by atoms with Crippen molar-refractivity contribution in [2.24, 2.45) is 5.92 Å². The Morgan fingerprint density at radius 1 is 1.48 bits per heavy atom. The molecule has 1 saturated heterocycles. The molecule has 4 nitrogen and oxygen atoms in total. The maximum Gasteiger partial charge on any atom is 0.321 e. The lowest BCUT2D eigenvalue weighted by atomic mass is 9.92. The maximum absolute atomic E-state index is 13.7. The Labute approximate surface area is 128 Å². The molecular formula is C15H21FN2O2S. The zero-order valence-corrected chi connectivity index (χ0v) is 13.1. The number of urea groups is 1. The molecule has 2 amide bonds. The fraction of sp³-hybridized carbons (Fsp3) is 0.533.